The number of unbranched alkanes of at least 4 members (excludes halogenated alkanes) is 52. The van der Waals surface area contributed by atoms with Gasteiger partial charge in [0.05, 0.1) is 9.79 Å². The number of hydrogen-bond acceptors (Lipinski definition) is 6. The van der Waals surface area contributed by atoms with E-state index in [1.54, 1.807) is 12.1 Å². The monoisotopic (exact) mass is 1450 g/mol. The Morgan fingerprint density at radius 3 is 0.559 bits per heavy atom. The maximum atomic E-state index is 12.1. The van der Waals surface area contributed by atoms with Gasteiger partial charge in [-0.3, -0.25) is 0 Å². The molecule has 93 heavy (non-hydrogen) atoms. The summed E-state index contributed by atoms with van der Waals surface area (Å²) in [6.07, 6.45) is 78.9. The Labute approximate surface area is 616 Å². The fourth-order valence-electron chi connectivity index (χ4n) is 14.4. The van der Waals surface area contributed by atoms with Crippen LogP contribution in [0.3, 0.4) is 0 Å². The maximum absolute atomic E-state index is 12.1. The molecule has 0 bridgehead atoms. The van der Waals surface area contributed by atoms with Gasteiger partial charge in [0.1, 0.15) is 20.2 Å². The summed E-state index contributed by atoms with van der Waals surface area (Å²) in [5, 5.41) is 3.31. The molecule has 0 atom stereocenters. The van der Waals surface area contributed by atoms with Crippen LogP contribution in [0, 0.1) is 0 Å². The van der Waals surface area contributed by atoms with Crippen molar-refractivity contribution >= 4 is 90.7 Å². The fraction of sp³-hybridized carbons (Fsp3) is 0.762. The first-order chi connectivity index (χ1) is 45.0. The predicted molar refractivity (Wildman–Crippen MR) is 406 cm³/mol. The minimum atomic E-state index is -4.51. The third kappa shape index (κ3) is 43.2. The van der Waals surface area contributed by atoms with E-state index in [0.717, 1.165) is 62.1 Å². The first-order valence-electron chi connectivity index (χ1n) is 40.0. The van der Waals surface area contributed by atoms with E-state index in [2.05, 4.69) is 39.8 Å². The van der Waals surface area contributed by atoms with Gasteiger partial charge in [0.15, 0.2) is 0 Å². The summed E-state index contributed by atoms with van der Waals surface area (Å²) in [6.45, 7) is 9.12. The van der Waals surface area contributed by atoms with Gasteiger partial charge in [-0.15, -0.1) is 0 Å². The number of aryl methyl sites for hydroxylation is 4. The molecular formula is C84H142BaO6S2. The molecule has 528 valence electrons. The Morgan fingerprint density at radius 2 is 0.387 bits per heavy atom. The molecule has 0 aliphatic rings. The van der Waals surface area contributed by atoms with Crippen LogP contribution < -0.4 is 0 Å². The summed E-state index contributed by atoms with van der Waals surface area (Å²) >= 11 is 0. The van der Waals surface area contributed by atoms with E-state index >= 15 is 0 Å². The largest absolute Gasteiger partial charge is 2.00 e. The van der Waals surface area contributed by atoms with Crippen molar-refractivity contribution in [2.75, 3.05) is 0 Å². The van der Waals surface area contributed by atoms with E-state index in [1.807, 2.05) is 36.4 Å². The molecule has 9 heteroatoms. The normalized spacial score (nSPS) is 11.8. The van der Waals surface area contributed by atoms with E-state index in [-0.39, 0.29) is 58.7 Å². The zero-order valence-corrected chi connectivity index (χ0v) is 67.2. The summed E-state index contributed by atoms with van der Waals surface area (Å²) in [6, 6.07) is 18.8. The second-order valence-corrected chi connectivity index (χ2v) is 31.1. The van der Waals surface area contributed by atoms with Gasteiger partial charge in [0.2, 0.25) is 0 Å². The Bertz CT molecular complexity index is 2360. The number of rotatable bonds is 62. The van der Waals surface area contributed by atoms with Crippen molar-refractivity contribution < 1.29 is 25.9 Å². The average Bonchev–Trinajstić information content (AvgIpc) is 0.793. The zero-order chi connectivity index (χ0) is 66.3. The molecule has 0 unspecified atom stereocenters. The quantitative estimate of drug-likeness (QED) is 0.0247. The van der Waals surface area contributed by atoms with Crippen LogP contribution in [0.5, 0.6) is 0 Å². The second kappa shape index (κ2) is 59.6. The van der Waals surface area contributed by atoms with E-state index in [9.17, 15) is 25.9 Å². The van der Waals surface area contributed by atoms with Crippen LogP contribution in [0.25, 0.3) is 21.5 Å². The Kier molecular flexibility index (Phi) is 56.4. The number of benzene rings is 4. The molecular weight excluding hydrogens is 1310 g/mol. The van der Waals surface area contributed by atoms with Crippen LogP contribution in [-0.4, -0.2) is 74.8 Å². The Hall–Kier alpha value is -1.21. The van der Waals surface area contributed by atoms with Gasteiger partial charge in [-0.2, -0.15) is 0 Å². The van der Waals surface area contributed by atoms with Crippen molar-refractivity contribution in [1.82, 2.24) is 0 Å². The van der Waals surface area contributed by atoms with Crippen molar-refractivity contribution in [2.24, 2.45) is 0 Å². The SMILES string of the molecule is CCCCCCCCCCCCCCCCc1cccc2c(S(=O)(=O)[O-])ccc(CCCCCCCCCCCCCCCC)c12.CCCCCCCCCCCCCCCCc1cccc2c(S(=O)(=O)[O-])ccc(CCCCCCCCCCCCCCCC)c12.[Ba+2]. The van der Waals surface area contributed by atoms with Crippen LogP contribution in [0.4, 0.5) is 0 Å². The van der Waals surface area contributed by atoms with Crippen LogP contribution in [-0.2, 0) is 45.9 Å². The van der Waals surface area contributed by atoms with Crippen molar-refractivity contribution in [3.05, 3.63) is 82.9 Å². The van der Waals surface area contributed by atoms with Crippen molar-refractivity contribution in [3.63, 3.8) is 0 Å². The second-order valence-electron chi connectivity index (χ2n) is 28.4. The first kappa shape index (κ1) is 87.9. The molecule has 6 nitrogen and oxygen atoms in total. The van der Waals surface area contributed by atoms with E-state index in [1.165, 1.54) is 356 Å². The molecule has 0 heterocycles. The van der Waals surface area contributed by atoms with Crippen molar-refractivity contribution in [3.8, 4) is 0 Å². The summed E-state index contributed by atoms with van der Waals surface area (Å²) in [4.78, 5) is -0.120. The fourth-order valence-corrected chi connectivity index (χ4v) is 15.7. The Balaban J connectivity index is 0.000000627. The molecule has 0 N–H and O–H groups in total. The number of hydrogen-bond donors (Lipinski definition) is 0. The van der Waals surface area contributed by atoms with Crippen molar-refractivity contribution in [2.45, 2.75) is 423 Å². The van der Waals surface area contributed by atoms with Crippen LogP contribution >= 0.6 is 0 Å². The standard InChI is InChI=1S/2C42H72O3S.Ba/c2*1-3-5-7-9-11-13-15-17-19-21-23-25-27-29-32-38-34-31-35-40-41(46(43,44)45)37-36-39(42(38)40)33-30-28-26-24-22-20-18-16-14-12-10-8-6-4-2;/h2*31,34-37H,3-30,32-33H2,1-2H3,(H,43,44,45);/q;;+2/p-2. The summed E-state index contributed by atoms with van der Waals surface area (Å²) < 4.78 is 72.6. The zero-order valence-electron chi connectivity index (χ0n) is 61.2. The minimum absolute atomic E-state index is 0. The van der Waals surface area contributed by atoms with Crippen molar-refractivity contribution in [1.29, 1.82) is 0 Å². The smallest absolute Gasteiger partial charge is 0.744 e. The molecule has 0 aliphatic carbocycles. The predicted octanol–water partition coefficient (Wildman–Crippen LogP) is 27.2. The van der Waals surface area contributed by atoms with Gasteiger partial charge in [-0.1, -0.05) is 410 Å². The third-order valence-corrected chi connectivity index (χ3v) is 21.9. The molecule has 4 aromatic rings. The Morgan fingerprint density at radius 1 is 0.226 bits per heavy atom. The van der Waals surface area contributed by atoms with E-state index in [4.69, 9.17) is 0 Å². The molecule has 0 fully saturated rings. The summed E-state index contributed by atoms with van der Waals surface area (Å²) in [5.74, 6) is 0. The van der Waals surface area contributed by atoms with Gasteiger partial charge in [-0.05, 0) is 107 Å². The molecule has 0 spiro atoms. The topological polar surface area (TPSA) is 114 Å². The molecule has 4 rings (SSSR count). The average molecular weight is 1450 g/mol. The maximum Gasteiger partial charge on any atom is 2.00 e. The van der Waals surface area contributed by atoms with Gasteiger partial charge in [0, 0.05) is 0 Å². The minimum Gasteiger partial charge on any atom is -0.744 e. The van der Waals surface area contributed by atoms with Gasteiger partial charge >= 0.3 is 48.9 Å². The van der Waals surface area contributed by atoms with Crippen LogP contribution in [0.15, 0.2) is 70.5 Å². The summed E-state index contributed by atoms with van der Waals surface area (Å²) in [5.41, 5.74) is 4.84. The van der Waals surface area contributed by atoms with Crippen LogP contribution in [0.2, 0.25) is 0 Å². The summed E-state index contributed by atoms with van der Waals surface area (Å²) in [7, 11) is -9.02. The van der Waals surface area contributed by atoms with Gasteiger partial charge in [0.25, 0.3) is 0 Å². The van der Waals surface area contributed by atoms with Gasteiger partial charge < -0.3 is 9.11 Å². The molecule has 0 amide bonds. The molecule has 0 radical (unpaired) electrons. The van der Waals surface area contributed by atoms with Gasteiger partial charge in [-0.25, -0.2) is 16.8 Å². The first-order valence-corrected chi connectivity index (χ1v) is 42.8. The van der Waals surface area contributed by atoms with E-state index in [0.29, 0.717) is 10.8 Å². The number of fused-ring (bicyclic) bond motifs is 2. The molecule has 0 aromatic heterocycles. The molecule has 4 aromatic carbocycles. The van der Waals surface area contributed by atoms with Crippen LogP contribution in [0.1, 0.15) is 410 Å². The molecule has 0 aliphatic heterocycles. The molecule has 0 saturated heterocycles. The van der Waals surface area contributed by atoms with E-state index < -0.39 is 20.2 Å². The molecule has 0 saturated carbocycles. The third-order valence-electron chi connectivity index (χ3n) is 20.1.